The summed E-state index contributed by atoms with van der Waals surface area (Å²) >= 11 is 0. The molecule has 0 radical (unpaired) electrons. The van der Waals surface area contributed by atoms with Crippen molar-refractivity contribution < 1.29 is 0 Å². The van der Waals surface area contributed by atoms with Crippen LogP contribution in [0.4, 0.5) is 17.1 Å². The fraction of sp³-hybridized carbons (Fsp3) is 0.0370. The van der Waals surface area contributed by atoms with Gasteiger partial charge in [-0.15, -0.1) is 0 Å². The lowest BCUT2D eigenvalue weighted by Gasteiger charge is -2.38. The summed E-state index contributed by atoms with van der Waals surface area (Å²) in [5.41, 5.74) is 13.0. The van der Waals surface area contributed by atoms with Crippen molar-refractivity contribution in [2.75, 3.05) is 10.0 Å². The molecule has 0 spiro atoms. The van der Waals surface area contributed by atoms with Crippen molar-refractivity contribution in [3.63, 3.8) is 0 Å². The molecule has 6 heteroatoms. The lowest BCUT2D eigenvalue weighted by Crippen LogP contribution is -2.36. The molecule has 0 saturated heterocycles. The summed E-state index contributed by atoms with van der Waals surface area (Å²) in [4.78, 5) is 21.0. The largest absolute Gasteiger partial charge is 0.256 e. The number of rotatable bonds is 8. The lowest BCUT2D eigenvalue weighted by molar-refractivity contribution is 0.986. The second-order valence-corrected chi connectivity index (χ2v) is 15.0. The average molecular weight is 771 g/mol. The van der Waals surface area contributed by atoms with Gasteiger partial charge in [-0.3, -0.25) is 24.9 Å². The van der Waals surface area contributed by atoms with Gasteiger partial charge in [-0.1, -0.05) is 116 Å². The molecule has 6 nitrogen and oxygen atoms in total. The SMILES string of the molecule is C=C/C=C\N(c1ccccc1)N(c1c2cccnc2c(-c2cccc3c2C=CCC3)c2cccnc12)c1c2cccnc2c(-c2cccc3ccccc23)c2cccnc12. The molecule has 0 aliphatic heterocycles. The van der Waals surface area contributed by atoms with E-state index in [1.807, 2.05) is 61.2 Å². The Morgan fingerprint density at radius 2 is 1.05 bits per heavy atom. The van der Waals surface area contributed by atoms with Crippen LogP contribution in [0.15, 0.2) is 195 Å². The second kappa shape index (κ2) is 14.8. The van der Waals surface area contributed by atoms with Gasteiger partial charge in [-0.2, -0.15) is 0 Å². The van der Waals surface area contributed by atoms with Gasteiger partial charge in [0.05, 0.1) is 39.1 Å². The third-order valence-corrected chi connectivity index (χ3v) is 11.6. The molecule has 0 atom stereocenters. The van der Waals surface area contributed by atoms with E-state index in [2.05, 4.69) is 144 Å². The number of benzene rings is 6. The number of aromatic nitrogens is 4. The van der Waals surface area contributed by atoms with Gasteiger partial charge in [0, 0.05) is 63.7 Å². The standard InChI is InChI=1S/C54H38N6/c1-2-3-35-59(38-21-5-4-6-22-38)60(53-45-29-15-31-55-49(45)47(43-27-13-33-57-51(43)53)41-25-11-19-36-17-7-9-23-39(36)41)54-46-30-16-32-56-50(46)48(44-28-14-34-58-52(44)54)42-26-12-20-37-18-8-10-24-40(37)42/h2-7,9-17,19-35H,1,8,18H2/b35-3-. The van der Waals surface area contributed by atoms with E-state index >= 15 is 0 Å². The maximum absolute atomic E-state index is 5.30. The number of anilines is 3. The number of pyridine rings is 4. The Morgan fingerprint density at radius 1 is 0.500 bits per heavy atom. The number of para-hydroxylation sites is 1. The molecule has 1 aliphatic carbocycles. The summed E-state index contributed by atoms with van der Waals surface area (Å²) in [6.07, 6.45) is 20.0. The van der Waals surface area contributed by atoms with Crippen LogP contribution in [0, 0.1) is 0 Å². The summed E-state index contributed by atoms with van der Waals surface area (Å²) in [5, 5.41) is 10.7. The van der Waals surface area contributed by atoms with Gasteiger partial charge in [-0.05, 0) is 100 Å². The van der Waals surface area contributed by atoms with Gasteiger partial charge in [0.2, 0.25) is 0 Å². The molecule has 0 bridgehead atoms. The smallest absolute Gasteiger partial charge is 0.0994 e. The Morgan fingerprint density at radius 3 is 1.73 bits per heavy atom. The predicted octanol–water partition coefficient (Wildman–Crippen LogP) is 13.6. The topological polar surface area (TPSA) is 58.0 Å². The molecular weight excluding hydrogens is 733 g/mol. The third-order valence-electron chi connectivity index (χ3n) is 11.6. The zero-order valence-corrected chi connectivity index (χ0v) is 32.8. The van der Waals surface area contributed by atoms with Crippen LogP contribution in [0.3, 0.4) is 0 Å². The first-order valence-corrected chi connectivity index (χ1v) is 20.3. The number of hydrogen-bond donors (Lipinski definition) is 0. The molecule has 4 aromatic heterocycles. The van der Waals surface area contributed by atoms with Gasteiger partial charge in [-0.25, -0.2) is 5.01 Å². The maximum Gasteiger partial charge on any atom is 0.0994 e. The van der Waals surface area contributed by atoms with E-state index in [4.69, 9.17) is 19.9 Å². The Kier molecular flexibility index (Phi) is 8.67. The second-order valence-electron chi connectivity index (χ2n) is 15.0. The Bertz CT molecular complexity index is 3250. The third kappa shape index (κ3) is 5.64. The summed E-state index contributed by atoms with van der Waals surface area (Å²) in [7, 11) is 0. The van der Waals surface area contributed by atoms with Crippen molar-refractivity contribution in [3.05, 3.63) is 206 Å². The van der Waals surface area contributed by atoms with Crippen LogP contribution < -0.4 is 10.0 Å². The molecule has 11 rings (SSSR count). The highest BCUT2D eigenvalue weighted by Crippen LogP contribution is 2.51. The van der Waals surface area contributed by atoms with Gasteiger partial charge >= 0.3 is 0 Å². The summed E-state index contributed by atoms with van der Waals surface area (Å²) < 4.78 is 0. The molecule has 0 amide bonds. The van der Waals surface area contributed by atoms with Crippen LogP contribution in [0.5, 0.6) is 0 Å². The minimum absolute atomic E-state index is 0.821. The van der Waals surface area contributed by atoms with Crippen LogP contribution >= 0.6 is 0 Å². The van der Waals surface area contributed by atoms with Crippen molar-refractivity contribution in [2.45, 2.75) is 12.8 Å². The van der Waals surface area contributed by atoms with E-state index in [9.17, 15) is 0 Å². The predicted molar refractivity (Wildman–Crippen MR) is 250 cm³/mol. The molecule has 6 aromatic carbocycles. The fourth-order valence-corrected chi connectivity index (χ4v) is 9.11. The van der Waals surface area contributed by atoms with Crippen LogP contribution in [0.1, 0.15) is 17.5 Å². The molecule has 0 N–H and O–H groups in total. The molecule has 0 saturated carbocycles. The zero-order valence-electron chi connectivity index (χ0n) is 32.8. The molecule has 10 aromatic rings. The number of hydrazine groups is 1. The number of allylic oxidation sites excluding steroid dienone is 3. The van der Waals surface area contributed by atoms with Crippen molar-refractivity contribution in [2.24, 2.45) is 0 Å². The molecule has 0 unspecified atom stereocenters. The van der Waals surface area contributed by atoms with Gasteiger partial charge < -0.3 is 0 Å². The number of fused-ring (bicyclic) bond motifs is 6. The highest BCUT2D eigenvalue weighted by molar-refractivity contribution is 6.25. The lowest BCUT2D eigenvalue weighted by atomic mass is 9.87. The van der Waals surface area contributed by atoms with Crippen LogP contribution in [-0.2, 0) is 6.42 Å². The number of aryl methyl sites for hydroxylation is 1. The Hall–Kier alpha value is -7.96. The number of hydrogen-bond acceptors (Lipinski definition) is 6. The summed E-state index contributed by atoms with van der Waals surface area (Å²) in [6.45, 7) is 4.10. The molecule has 4 heterocycles. The molecular formula is C54H38N6. The van der Waals surface area contributed by atoms with E-state index in [1.54, 1.807) is 6.08 Å². The van der Waals surface area contributed by atoms with E-state index in [1.165, 1.54) is 16.5 Å². The first-order valence-electron chi connectivity index (χ1n) is 20.3. The van der Waals surface area contributed by atoms with Crippen molar-refractivity contribution in [3.8, 4) is 22.3 Å². The van der Waals surface area contributed by atoms with Crippen LogP contribution in [0.2, 0.25) is 0 Å². The minimum atomic E-state index is 0.821. The van der Waals surface area contributed by atoms with Gasteiger partial charge in [0.1, 0.15) is 0 Å². The quantitative estimate of drug-likeness (QED) is 0.0871. The molecule has 60 heavy (non-hydrogen) atoms. The van der Waals surface area contributed by atoms with Gasteiger partial charge in [0.15, 0.2) is 0 Å². The highest BCUT2D eigenvalue weighted by Gasteiger charge is 2.31. The van der Waals surface area contributed by atoms with Crippen LogP contribution in [0.25, 0.3) is 82.7 Å². The summed E-state index contributed by atoms with van der Waals surface area (Å²) in [6, 6.07) is 48.9. The normalized spacial score (nSPS) is 12.5. The van der Waals surface area contributed by atoms with Crippen molar-refractivity contribution >= 4 is 77.5 Å². The van der Waals surface area contributed by atoms with Crippen LogP contribution in [-0.4, -0.2) is 19.9 Å². The molecule has 0 fully saturated rings. The van der Waals surface area contributed by atoms with E-state index in [0.29, 0.717) is 0 Å². The molecule has 284 valence electrons. The Balaban J connectivity index is 1.33. The van der Waals surface area contributed by atoms with Crippen molar-refractivity contribution in [1.29, 1.82) is 0 Å². The molecule has 1 aliphatic rings. The van der Waals surface area contributed by atoms with Crippen molar-refractivity contribution in [1.82, 2.24) is 19.9 Å². The highest BCUT2D eigenvalue weighted by atomic mass is 15.6. The zero-order chi connectivity index (χ0) is 40.0. The first-order chi connectivity index (χ1) is 29.8. The van der Waals surface area contributed by atoms with E-state index in [-0.39, 0.29) is 0 Å². The first kappa shape index (κ1) is 35.2. The monoisotopic (exact) mass is 770 g/mol. The van der Waals surface area contributed by atoms with Gasteiger partial charge in [0.25, 0.3) is 0 Å². The minimum Gasteiger partial charge on any atom is -0.256 e. The summed E-state index contributed by atoms with van der Waals surface area (Å²) in [5.74, 6) is 0. The maximum atomic E-state index is 5.30. The van der Waals surface area contributed by atoms with E-state index < -0.39 is 0 Å². The Labute approximate surface area is 347 Å². The fourth-order valence-electron chi connectivity index (χ4n) is 9.11. The van der Waals surface area contributed by atoms with E-state index in [0.717, 1.165) is 101 Å². The number of nitrogens with zero attached hydrogens (tertiary/aromatic N) is 6. The average Bonchev–Trinajstić information content (AvgIpc) is 3.32.